The third-order valence-corrected chi connectivity index (χ3v) is 5.15. The highest BCUT2D eigenvalue weighted by Gasteiger charge is 2.31. The zero-order valence-corrected chi connectivity index (χ0v) is 14.5. The van der Waals surface area contributed by atoms with Crippen molar-refractivity contribution >= 4 is 45.8 Å². The molecule has 0 aliphatic carbocycles. The number of thiophene rings is 1. The second kappa shape index (κ2) is 6.46. The highest BCUT2D eigenvalue weighted by Crippen LogP contribution is 2.32. The van der Waals surface area contributed by atoms with Gasteiger partial charge in [0, 0.05) is 11.8 Å². The van der Waals surface area contributed by atoms with Crippen LogP contribution in [0.5, 0.6) is 0 Å². The fourth-order valence-corrected chi connectivity index (χ4v) is 3.70. The lowest BCUT2D eigenvalue weighted by molar-refractivity contribution is -0.145. The van der Waals surface area contributed by atoms with Crippen molar-refractivity contribution < 1.29 is 19.1 Å². The summed E-state index contributed by atoms with van der Waals surface area (Å²) < 4.78 is 10.8. The van der Waals surface area contributed by atoms with Crippen LogP contribution in [-0.2, 0) is 14.3 Å². The van der Waals surface area contributed by atoms with Gasteiger partial charge < -0.3 is 9.47 Å². The van der Waals surface area contributed by atoms with Gasteiger partial charge in [0.25, 0.3) is 0 Å². The topological polar surface area (TPSA) is 65.5 Å². The SMILES string of the molecule is O=C(O[C@H]1CCOC1=O)c1cc(-c2ccc(Cl)s2)nc2ccccc12. The highest BCUT2D eigenvalue weighted by molar-refractivity contribution is 7.19. The Kier molecular flexibility index (Phi) is 4.15. The fourth-order valence-electron chi connectivity index (χ4n) is 2.70. The predicted octanol–water partition coefficient (Wildman–Crippen LogP) is 4.09. The summed E-state index contributed by atoms with van der Waals surface area (Å²) in [5, 5.41) is 0.672. The van der Waals surface area contributed by atoms with E-state index in [2.05, 4.69) is 4.98 Å². The summed E-state index contributed by atoms with van der Waals surface area (Å²) in [6, 6.07) is 12.6. The van der Waals surface area contributed by atoms with Crippen molar-refractivity contribution in [3.8, 4) is 10.6 Å². The zero-order chi connectivity index (χ0) is 17.4. The second-order valence-electron chi connectivity index (χ2n) is 5.53. The van der Waals surface area contributed by atoms with E-state index < -0.39 is 18.0 Å². The van der Waals surface area contributed by atoms with Crippen LogP contribution in [0, 0.1) is 0 Å². The van der Waals surface area contributed by atoms with Crippen LogP contribution in [0.25, 0.3) is 21.5 Å². The molecule has 1 fully saturated rings. The summed E-state index contributed by atoms with van der Waals surface area (Å²) in [6.07, 6.45) is -0.472. The van der Waals surface area contributed by atoms with Gasteiger partial charge in [-0.15, -0.1) is 11.3 Å². The maximum absolute atomic E-state index is 12.7. The molecule has 1 aliphatic heterocycles. The molecule has 7 heteroatoms. The Bertz CT molecular complexity index is 984. The van der Waals surface area contributed by atoms with Crippen LogP contribution in [0.1, 0.15) is 16.8 Å². The van der Waals surface area contributed by atoms with Crippen molar-refractivity contribution in [3.05, 3.63) is 52.4 Å². The average Bonchev–Trinajstić information content (AvgIpc) is 3.22. The van der Waals surface area contributed by atoms with Gasteiger partial charge in [0.15, 0.2) is 0 Å². The van der Waals surface area contributed by atoms with E-state index >= 15 is 0 Å². The molecule has 25 heavy (non-hydrogen) atoms. The lowest BCUT2D eigenvalue weighted by Crippen LogP contribution is -2.22. The minimum absolute atomic E-state index is 0.271. The van der Waals surface area contributed by atoms with E-state index in [-0.39, 0.29) is 6.61 Å². The molecule has 3 heterocycles. The summed E-state index contributed by atoms with van der Waals surface area (Å²) in [5.41, 5.74) is 1.67. The van der Waals surface area contributed by atoms with Gasteiger partial charge >= 0.3 is 11.9 Å². The van der Waals surface area contributed by atoms with Crippen molar-refractivity contribution in [1.82, 2.24) is 4.98 Å². The number of benzene rings is 1. The van der Waals surface area contributed by atoms with Crippen molar-refractivity contribution in [2.45, 2.75) is 12.5 Å². The standard InChI is InChI=1S/C18H12ClNO4S/c19-16-6-5-15(25-16)13-9-11(10-3-1-2-4-12(10)20-13)17(21)24-14-7-8-23-18(14)22/h1-6,9,14H,7-8H2/t14-/m0/s1. The molecule has 0 unspecified atom stereocenters. The number of fused-ring (bicyclic) bond motifs is 1. The number of carbonyl (C=O) groups is 2. The maximum atomic E-state index is 12.7. The number of cyclic esters (lactones) is 1. The van der Waals surface area contributed by atoms with Crippen LogP contribution in [0.15, 0.2) is 42.5 Å². The molecule has 1 saturated heterocycles. The molecule has 0 bridgehead atoms. The lowest BCUT2D eigenvalue weighted by atomic mass is 10.1. The molecule has 3 aromatic rings. The molecular weight excluding hydrogens is 362 g/mol. The quantitative estimate of drug-likeness (QED) is 0.647. The van der Waals surface area contributed by atoms with Gasteiger partial charge in [-0.3, -0.25) is 0 Å². The molecule has 0 N–H and O–H groups in total. The average molecular weight is 374 g/mol. The summed E-state index contributed by atoms with van der Waals surface area (Å²) in [7, 11) is 0. The molecule has 1 aromatic carbocycles. The van der Waals surface area contributed by atoms with Crippen molar-refractivity contribution in [3.63, 3.8) is 0 Å². The predicted molar refractivity (Wildman–Crippen MR) is 94.8 cm³/mol. The largest absolute Gasteiger partial charge is 0.463 e. The molecule has 0 radical (unpaired) electrons. The van der Waals surface area contributed by atoms with Crippen LogP contribution in [0.4, 0.5) is 0 Å². The van der Waals surface area contributed by atoms with E-state index in [1.807, 2.05) is 24.3 Å². The molecular formula is C18H12ClNO4S. The third kappa shape index (κ3) is 3.10. The van der Waals surface area contributed by atoms with E-state index in [1.165, 1.54) is 11.3 Å². The number of para-hydroxylation sites is 1. The number of ether oxygens (including phenoxy) is 2. The van der Waals surface area contributed by atoms with E-state index in [0.717, 1.165) is 4.88 Å². The minimum atomic E-state index is -0.848. The number of pyridine rings is 1. The monoisotopic (exact) mass is 373 g/mol. The van der Waals surface area contributed by atoms with Crippen LogP contribution >= 0.6 is 22.9 Å². The summed E-state index contributed by atoms with van der Waals surface area (Å²) in [6.45, 7) is 0.271. The number of carbonyl (C=O) groups excluding carboxylic acids is 2. The molecule has 5 nitrogen and oxygen atoms in total. The Morgan fingerprint density at radius 2 is 2.12 bits per heavy atom. The molecule has 1 aliphatic rings. The van der Waals surface area contributed by atoms with Gasteiger partial charge in [0.05, 0.1) is 32.6 Å². The smallest absolute Gasteiger partial charge is 0.347 e. The van der Waals surface area contributed by atoms with Crippen LogP contribution in [0.2, 0.25) is 4.34 Å². The van der Waals surface area contributed by atoms with Gasteiger partial charge in [-0.25, -0.2) is 14.6 Å². The zero-order valence-electron chi connectivity index (χ0n) is 12.9. The molecule has 1 atom stereocenters. The Balaban J connectivity index is 1.78. The van der Waals surface area contributed by atoms with Gasteiger partial charge in [-0.2, -0.15) is 0 Å². The van der Waals surface area contributed by atoms with Gasteiger partial charge in [-0.1, -0.05) is 29.8 Å². The normalized spacial score (nSPS) is 16.8. The molecule has 2 aromatic heterocycles. The fraction of sp³-hybridized carbons (Fsp3) is 0.167. The second-order valence-corrected chi connectivity index (χ2v) is 7.24. The van der Waals surface area contributed by atoms with Crippen LogP contribution in [0.3, 0.4) is 0 Å². The number of halogens is 1. The first-order chi connectivity index (χ1) is 12.1. The van der Waals surface area contributed by atoms with Gasteiger partial charge in [0.1, 0.15) is 0 Å². The number of aromatic nitrogens is 1. The maximum Gasteiger partial charge on any atom is 0.347 e. The van der Waals surface area contributed by atoms with Crippen LogP contribution < -0.4 is 0 Å². The Morgan fingerprint density at radius 1 is 1.28 bits per heavy atom. The van der Waals surface area contributed by atoms with E-state index in [9.17, 15) is 9.59 Å². The minimum Gasteiger partial charge on any atom is -0.463 e. The van der Waals surface area contributed by atoms with Crippen molar-refractivity contribution in [2.75, 3.05) is 6.61 Å². The molecule has 0 saturated carbocycles. The summed E-state index contributed by atoms with van der Waals surface area (Å²) in [4.78, 5) is 29.7. The number of hydrogen-bond acceptors (Lipinski definition) is 6. The van der Waals surface area contributed by atoms with Gasteiger partial charge in [0.2, 0.25) is 6.10 Å². The number of hydrogen-bond donors (Lipinski definition) is 0. The van der Waals surface area contributed by atoms with E-state index in [0.29, 0.717) is 32.9 Å². The van der Waals surface area contributed by atoms with Gasteiger partial charge in [-0.05, 0) is 24.3 Å². The molecule has 0 spiro atoms. The number of esters is 2. The lowest BCUT2D eigenvalue weighted by Gasteiger charge is -2.11. The third-order valence-electron chi connectivity index (χ3n) is 3.90. The molecule has 0 amide bonds. The first kappa shape index (κ1) is 16.1. The molecule has 126 valence electrons. The highest BCUT2D eigenvalue weighted by atomic mass is 35.5. The molecule has 4 rings (SSSR count). The van der Waals surface area contributed by atoms with E-state index in [1.54, 1.807) is 18.2 Å². The number of rotatable bonds is 3. The number of nitrogens with zero attached hydrogens (tertiary/aromatic N) is 1. The first-order valence-corrected chi connectivity index (χ1v) is 8.84. The Morgan fingerprint density at radius 3 is 2.84 bits per heavy atom. The van der Waals surface area contributed by atoms with Crippen molar-refractivity contribution in [1.29, 1.82) is 0 Å². The van der Waals surface area contributed by atoms with E-state index in [4.69, 9.17) is 21.1 Å². The van der Waals surface area contributed by atoms with Crippen molar-refractivity contribution in [2.24, 2.45) is 0 Å². The summed E-state index contributed by atoms with van der Waals surface area (Å²) >= 11 is 7.39. The Labute approximate surface area is 152 Å². The first-order valence-electron chi connectivity index (χ1n) is 7.65. The van der Waals surface area contributed by atoms with Crippen LogP contribution in [-0.4, -0.2) is 29.6 Å². The Hall–Kier alpha value is -2.44. The summed E-state index contributed by atoms with van der Waals surface area (Å²) in [5.74, 6) is -1.07.